The van der Waals surface area contributed by atoms with Gasteiger partial charge in [0.2, 0.25) is 0 Å². The molecule has 1 rings (SSSR count). The maximum atomic E-state index is 11.5. The first-order valence-corrected chi connectivity index (χ1v) is 4.93. The molecule has 1 atom stereocenters. The summed E-state index contributed by atoms with van der Waals surface area (Å²) < 4.78 is 0. The van der Waals surface area contributed by atoms with E-state index in [2.05, 4.69) is 6.92 Å². The number of nitrogens with zero attached hydrogens (tertiary/aromatic N) is 1. The van der Waals surface area contributed by atoms with Gasteiger partial charge in [-0.2, -0.15) is 0 Å². The number of aryl methyl sites for hydroxylation is 1. The summed E-state index contributed by atoms with van der Waals surface area (Å²) >= 11 is 0. The minimum Gasteiger partial charge on any atom is -0.316 e. The third-order valence-corrected chi connectivity index (χ3v) is 2.36. The lowest BCUT2D eigenvalue weighted by Gasteiger charge is -2.16. The van der Waals surface area contributed by atoms with Crippen LogP contribution in [0.2, 0.25) is 0 Å². The number of benzene rings is 1. The predicted octanol–water partition coefficient (Wildman–Crippen LogP) is 0.581. The number of likely N-dealkylation sites (N-methyl/N-ethyl adjacent to an activating group) is 1. The Labute approximate surface area is 89.8 Å². The van der Waals surface area contributed by atoms with Gasteiger partial charge in [0.1, 0.15) is 6.04 Å². The second-order valence-electron chi connectivity index (χ2n) is 3.52. The molecular weight excluding hydrogens is 190 g/mol. The van der Waals surface area contributed by atoms with Crippen molar-refractivity contribution < 1.29 is 4.79 Å². The van der Waals surface area contributed by atoms with Gasteiger partial charge in [0, 0.05) is 7.05 Å². The molecule has 0 aliphatic rings. The standard InChI is InChI=1S/C11H17N3O/c1-3-8-4-6-9(7-5-8)10(12)11(15)14(2)13/h4-7,10H,3,12-13H2,1-2H3. The lowest BCUT2D eigenvalue weighted by Crippen LogP contribution is -2.40. The molecule has 0 saturated heterocycles. The first kappa shape index (κ1) is 11.7. The molecule has 0 aliphatic carbocycles. The normalized spacial score (nSPS) is 12.3. The van der Waals surface area contributed by atoms with Crippen LogP contribution >= 0.6 is 0 Å². The maximum Gasteiger partial charge on any atom is 0.257 e. The zero-order valence-corrected chi connectivity index (χ0v) is 9.10. The predicted molar refractivity (Wildman–Crippen MR) is 59.7 cm³/mol. The second-order valence-corrected chi connectivity index (χ2v) is 3.52. The zero-order chi connectivity index (χ0) is 11.4. The third-order valence-electron chi connectivity index (χ3n) is 2.36. The van der Waals surface area contributed by atoms with Crippen molar-refractivity contribution in [3.63, 3.8) is 0 Å². The number of amides is 1. The first-order chi connectivity index (χ1) is 7.06. The van der Waals surface area contributed by atoms with E-state index in [4.69, 9.17) is 11.6 Å². The Morgan fingerprint density at radius 1 is 1.40 bits per heavy atom. The summed E-state index contributed by atoms with van der Waals surface area (Å²) in [7, 11) is 1.49. The smallest absolute Gasteiger partial charge is 0.257 e. The zero-order valence-electron chi connectivity index (χ0n) is 9.10. The molecule has 0 aromatic heterocycles. The highest BCUT2D eigenvalue weighted by atomic mass is 16.2. The van der Waals surface area contributed by atoms with E-state index in [0.29, 0.717) is 0 Å². The SMILES string of the molecule is CCc1ccc(C(N)C(=O)N(C)N)cc1. The highest BCUT2D eigenvalue weighted by Gasteiger charge is 2.17. The van der Waals surface area contributed by atoms with E-state index < -0.39 is 6.04 Å². The number of rotatable bonds is 3. The molecule has 82 valence electrons. The van der Waals surface area contributed by atoms with Gasteiger partial charge in [-0.1, -0.05) is 31.2 Å². The van der Waals surface area contributed by atoms with Crippen molar-refractivity contribution in [1.29, 1.82) is 0 Å². The summed E-state index contributed by atoms with van der Waals surface area (Å²) in [5.74, 6) is 5.04. The molecule has 0 radical (unpaired) electrons. The van der Waals surface area contributed by atoms with E-state index in [1.54, 1.807) is 0 Å². The number of hydrazine groups is 1. The summed E-state index contributed by atoms with van der Waals surface area (Å²) in [4.78, 5) is 11.5. The van der Waals surface area contributed by atoms with E-state index in [1.807, 2.05) is 24.3 Å². The quantitative estimate of drug-likeness (QED) is 0.432. The fraction of sp³-hybridized carbons (Fsp3) is 0.364. The Hall–Kier alpha value is -1.39. The monoisotopic (exact) mass is 207 g/mol. The lowest BCUT2D eigenvalue weighted by atomic mass is 10.0. The van der Waals surface area contributed by atoms with Crippen LogP contribution in [-0.2, 0) is 11.2 Å². The summed E-state index contributed by atoms with van der Waals surface area (Å²) in [6.45, 7) is 2.08. The van der Waals surface area contributed by atoms with Crippen molar-refractivity contribution in [3.05, 3.63) is 35.4 Å². The van der Waals surface area contributed by atoms with Gasteiger partial charge in [0.05, 0.1) is 0 Å². The van der Waals surface area contributed by atoms with Crippen molar-refractivity contribution in [2.24, 2.45) is 11.6 Å². The molecule has 1 aromatic rings. The molecule has 0 saturated carbocycles. The van der Waals surface area contributed by atoms with Crippen molar-refractivity contribution >= 4 is 5.91 Å². The summed E-state index contributed by atoms with van der Waals surface area (Å²) in [5, 5.41) is 1.01. The number of hydrogen-bond donors (Lipinski definition) is 2. The molecular formula is C11H17N3O. The third kappa shape index (κ3) is 2.78. The van der Waals surface area contributed by atoms with Crippen LogP contribution in [0.3, 0.4) is 0 Å². The molecule has 0 heterocycles. The summed E-state index contributed by atoms with van der Waals surface area (Å²) in [6.07, 6.45) is 0.972. The van der Waals surface area contributed by atoms with Gasteiger partial charge in [-0.15, -0.1) is 0 Å². The number of nitrogens with two attached hydrogens (primary N) is 2. The molecule has 1 unspecified atom stereocenters. The van der Waals surface area contributed by atoms with Gasteiger partial charge in [0.25, 0.3) is 5.91 Å². The Morgan fingerprint density at radius 3 is 2.33 bits per heavy atom. The van der Waals surface area contributed by atoms with Gasteiger partial charge in [0.15, 0.2) is 0 Å². The first-order valence-electron chi connectivity index (χ1n) is 4.93. The molecule has 0 bridgehead atoms. The molecule has 1 aromatic carbocycles. The Morgan fingerprint density at radius 2 is 1.93 bits per heavy atom. The fourth-order valence-electron chi connectivity index (χ4n) is 1.32. The highest BCUT2D eigenvalue weighted by Crippen LogP contribution is 2.13. The molecule has 0 spiro atoms. The molecule has 4 heteroatoms. The number of hydrogen-bond acceptors (Lipinski definition) is 3. The van der Waals surface area contributed by atoms with Crippen molar-refractivity contribution in [3.8, 4) is 0 Å². The van der Waals surface area contributed by atoms with E-state index >= 15 is 0 Å². The minimum atomic E-state index is -0.675. The fourth-order valence-corrected chi connectivity index (χ4v) is 1.32. The molecule has 15 heavy (non-hydrogen) atoms. The topological polar surface area (TPSA) is 72.4 Å². The van der Waals surface area contributed by atoms with Gasteiger partial charge < -0.3 is 5.73 Å². The van der Waals surface area contributed by atoms with Gasteiger partial charge in [-0.3, -0.25) is 9.80 Å². The molecule has 4 N–H and O–H groups in total. The Bertz CT molecular complexity index is 332. The minimum absolute atomic E-state index is 0.292. The Balaban J connectivity index is 2.82. The molecule has 1 amide bonds. The van der Waals surface area contributed by atoms with Gasteiger partial charge in [-0.05, 0) is 17.5 Å². The number of carbonyl (C=O) groups excluding carboxylic acids is 1. The van der Waals surface area contributed by atoms with Gasteiger partial charge in [-0.25, -0.2) is 5.84 Å². The molecule has 0 aliphatic heterocycles. The van der Waals surface area contributed by atoms with Crippen LogP contribution in [0.1, 0.15) is 24.1 Å². The van der Waals surface area contributed by atoms with Crippen LogP contribution in [-0.4, -0.2) is 18.0 Å². The summed E-state index contributed by atoms with van der Waals surface area (Å²) in [6, 6.07) is 7.00. The van der Waals surface area contributed by atoms with Crippen molar-refractivity contribution in [2.45, 2.75) is 19.4 Å². The average molecular weight is 207 g/mol. The maximum absolute atomic E-state index is 11.5. The van der Waals surface area contributed by atoms with Crippen LogP contribution in [0.5, 0.6) is 0 Å². The van der Waals surface area contributed by atoms with Gasteiger partial charge >= 0.3 is 0 Å². The molecule has 4 nitrogen and oxygen atoms in total. The summed E-state index contributed by atoms with van der Waals surface area (Å²) in [5.41, 5.74) is 7.77. The van der Waals surface area contributed by atoms with Crippen molar-refractivity contribution in [2.75, 3.05) is 7.05 Å². The van der Waals surface area contributed by atoms with E-state index in [9.17, 15) is 4.79 Å². The highest BCUT2D eigenvalue weighted by molar-refractivity contribution is 5.82. The van der Waals surface area contributed by atoms with E-state index in [1.165, 1.54) is 12.6 Å². The molecule has 0 fully saturated rings. The average Bonchev–Trinajstić information content (AvgIpc) is 2.27. The van der Waals surface area contributed by atoms with Crippen molar-refractivity contribution in [1.82, 2.24) is 5.01 Å². The van der Waals surface area contributed by atoms with Crippen LogP contribution in [0.25, 0.3) is 0 Å². The van der Waals surface area contributed by atoms with Crippen LogP contribution in [0.15, 0.2) is 24.3 Å². The number of carbonyl (C=O) groups is 1. The van der Waals surface area contributed by atoms with E-state index in [0.717, 1.165) is 17.0 Å². The van der Waals surface area contributed by atoms with Crippen LogP contribution in [0.4, 0.5) is 0 Å². The van der Waals surface area contributed by atoms with Crippen LogP contribution in [0, 0.1) is 0 Å². The second kappa shape index (κ2) is 4.91. The van der Waals surface area contributed by atoms with E-state index in [-0.39, 0.29) is 5.91 Å². The lowest BCUT2D eigenvalue weighted by molar-refractivity contribution is -0.131. The van der Waals surface area contributed by atoms with Crippen LogP contribution < -0.4 is 11.6 Å². The largest absolute Gasteiger partial charge is 0.316 e. The Kier molecular flexibility index (Phi) is 3.82.